The monoisotopic (exact) mass is 283 g/mol. The van der Waals surface area contributed by atoms with Crippen molar-refractivity contribution in [2.45, 2.75) is 31.1 Å². The highest BCUT2D eigenvalue weighted by Gasteiger charge is 2.37. The minimum Gasteiger partial charge on any atom is -0.207 e. The zero-order valence-corrected chi connectivity index (χ0v) is 11.6. The Morgan fingerprint density at radius 1 is 1.14 bits per heavy atom. The number of nitriles is 1. The number of hydrogen-bond acceptors (Lipinski definition) is 1. The van der Waals surface area contributed by atoms with Crippen LogP contribution in [0.1, 0.15) is 29.5 Å². The third-order valence-corrected chi connectivity index (χ3v) is 4.30. The van der Waals surface area contributed by atoms with Crippen LogP contribution in [0.4, 0.5) is 8.78 Å². The third kappa shape index (κ3) is 2.42. The Hall–Kier alpha value is -2.21. The van der Waals surface area contributed by atoms with Crippen LogP contribution in [0.5, 0.6) is 0 Å². The van der Waals surface area contributed by atoms with Crippen molar-refractivity contribution in [3.8, 4) is 6.07 Å². The number of benzene rings is 2. The van der Waals surface area contributed by atoms with Crippen molar-refractivity contribution in [3.63, 3.8) is 0 Å². The zero-order valence-electron chi connectivity index (χ0n) is 11.6. The SMILES string of the molecule is N#CC1(Cc2ccc(F)cc2F)CCCc2ccccc21. The summed E-state index contributed by atoms with van der Waals surface area (Å²) >= 11 is 0. The van der Waals surface area contributed by atoms with Gasteiger partial charge >= 0.3 is 0 Å². The summed E-state index contributed by atoms with van der Waals surface area (Å²) in [7, 11) is 0. The van der Waals surface area contributed by atoms with Crippen LogP contribution in [0.15, 0.2) is 42.5 Å². The average Bonchev–Trinajstić information content (AvgIpc) is 2.50. The Morgan fingerprint density at radius 3 is 2.71 bits per heavy atom. The molecule has 0 bridgehead atoms. The molecule has 0 fully saturated rings. The van der Waals surface area contributed by atoms with E-state index < -0.39 is 17.0 Å². The Kier molecular flexibility index (Phi) is 3.47. The van der Waals surface area contributed by atoms with Gasteiger partial charge in [-0.3, -0.25) is 0 Å². The van der Waals surface area contributed by atoms with Gasteiger partial charge in [-0.15, -0.1) is 0 Å². The predicted molar refractivity (Wildman–Crippen MR) is 76.7 cm³/mol. The molecule has 2 aromatic carbocycles. The van der Waals surface area contributed by atoms with Crippen LogP contribution in [0, 0.1) is 23.0 Å². The molecule has 1 aliphatic rings. The molecule has 21 heavy (non-hydrogen) atoms. The van der Waals surface area contributed by atoms with Crippen LogP contribution in [0.3, 0.4) is 0 Å². The van der Waals surface area contributed by atoms with E-state index in [1.54, 1.807) is 0 Å². The molecule has 3 heteroatoms. The van der Waals surface area contributed by atoms with Crippen LogP contribution in [0.2, 0.25) is 0 Å². The first-order chi connectivity index (χ1) is 10.1. The molecule has 1 atom stereocenters. The predicted octanol–water partition coefficient (Wildman–Crippen LogP) is 4.31. The van der Waals surface area contributed by atoms with Crippen LogP contribution in [0.25, 0.3) is 0 Å². The minimum atomic E-state index is -0.715. The van der Waals surface area contributed by atoms with E-state index in [1.165, 1.54) is 12.1 Å². The first-order valence-corrected chi connectivity index (χ1v) is 7.08. The normalized spacial score (nSPS) is 20.6. The fourth-order valence-corrected chi connectivity index (χ4v) is 3.25. The van der Waals surface area contributed by atoms with Gasteiger partial charge < -0.3 is 0 Å². The first-order valence-electron chi connectivity index (χ1n) is 7.08. The molecular weight excluding hydrogens is 268 g/mol. The molecule has 0 aromatic heterocycles. The topological polar surface area (TPSA) is 23.8 Å². The summed E-state index contributed by atoms with van der Waals surface area (Å²) in [6.07, 6.45) is 2.85. The Balaban J connectivity index is 2.05. The van der Waals surface area contributed by atoms with E-state index in [-0.39, 0.29) is 6.42 Å². The number of rotatable bonds is 2. The van der Waals surface area contributed by atoms with Crippen molar-refractivity contribution in [1.29, 1.82) is 5.26 Å². The highest BCUT2D eigenvalue weighted by Crippen LogP contribution is 2.39. The van der Waals surface area contributed by atoms with Crippen molar-refractivity contribution < 1.29 is 8.78 Å². The molecule has 0 aliphatic heterocycles. The van der Waals surface area contributed by atoms with Crippen molar-refractivity contribution in [3.05, 3.63) is 70.8 Å². The van der Waals surface area contributed by atoms with Gasteiger partial charge in [0.25, 0.3) is 0 Å². The van der Waals surface area contributed by atoms with Gasteiger partial charge in [-0.25, -0.2) is 8.78 Å². The largest absolute Gasteiger partial charge is 0.207 e. The summed E-state index contributed by atoms with van der Waals surface area (Å²) in [5, 5.41) is 9.75. The average molecular weight is 283 g/mol. The van der Waals surface area contributed by atoms with E-state index >= 15 is 0 Å². The summed E-state index contributed by atoms with van der Waals surface area (Å²) in [5.41, 5.74) is 1.83. The van der Waals surface area contributed by atoms with Crippen LogP contribution >= 0.6 is 0 Å². The molecule has 0 saturated heterocycles. The molecule has 106 valence electrons. The van der Waals surface area contributed by atoms with Gasteiger partial charge in [-0.2, -0.15) is 5.26 Å². The highest BCUT2D eigenvalue weighted by atomic mass is 19.1. The second-order valence-corrected chi connectivity index (χ2v) is 5.62. The number of hydrogen-bond donors (Lipinski definition) is 0. The van der Waals surface area contributed by atoms with E-state index in [0.717, 1.165) is 30.0 Å². The second-order valence-electron chi connectivity index (χ2n) is 5.62. The standard InChI is InChI=1S/C18H15F2N/c19-15-8-7-14(17(20)10-15)11-18(12-21)9-3-5-13-4-1-2-6-16(13)18/h1-2,4,6-8,10H,3,5,9,11H2. The highest BCUT2D eigenvalue weighted by molar-refractivity contribution is 5.43. The molecule has 0 N–H and O–H groups in total. The molecule has 0 amide bonds. The number of fused-ring (bicyclic) bond motifs is 1. The van der Waals surface area contributed by atoms with Gasteiger partial charge in [-0.1, -0.05) is 30.3 Å². The Bertz CT molecular complexity index is 717. The minimum absolute atomic E-state index is 0.284. The van der Waals surface area contributed by atoms with Crippen LogP contribution < -0.4 is 0 Å². The lowest BCUT2D eigenvalue weighted by Gasteiger charge is -2.33. The molecule has 2 aromatic rings. The summed E-state index contributed by atoms with van der Waals surface area (Å²) in [6, 6.07) is 13.8. The molecule has 1 nitrogen and oxygen atoms in total. The van der Waals surface area contributed by atoms with E-state index in [9.17, 15) is 14.0 Å². The van der Waals surface area contributed by atoms with Gasteiger partial charge in [-0.05, 0) is 48.4 Å². The zero-order chi connectivity index (χ0) is 14.9. The lowest BCUT2D eigenvalue weighted by molar-refractivity contribution is 0.440. The van der Waals surface area contributed by atoms with Gasteiger partial charge in [0.1, 0.15) is 11.6 Å². The van der Waals surface area contributed by atoms with Crippen LogP contribution in [-0.4, -0.2) is 0 Å². The molecule has 0 heterocycles. The van der Waals surface area contributed by atoms with Crippen molar-refractivity contribution >= 4 is 0 Å². The fourth-order valence-electron chi connectivity index (χ4n) is 3.25. The van der Waals surface area contributed by atoms with Crippen molar-refractivity contribution in [2.75, 3.05) is 0 Å². The lowest BCUT2D eigenvalue weighted by Crippen LogP contribution is -2.32. The second kappa shape index (κ2) is 5.29. The number of halogens is 2. The number of aryl methyl sites for hydroxylation is 1. The quantitative estimate of drug-likeness (QED) is 0.806. The lowest BCUT2D eigenvalue weighted by atomic mass is 9.68. The smallest absolute Gasteiger partial charge is 0.129 e. The van der Waals surface area contributed by atoms with E-state index in [1.807, 2.05) is 24.3 Å². The van der Waals surface area contributed by atoms with E-state index in [4.69, 9.17) is 0 Å². The van der Waals surface area contributed by atoms with E-state index in [0.29, 0.717) is 12.0 Å². The number of nitrogens with zero attached hydrogens (tertiary/aromatic N) is 1. The summed E-state index contributed by atoms with van der Waals surface area (Å²) in [4.78, 5) is 0. The van der Waals surface area contributed by atoms with Crippen LogP contribution in [-0.2, 0) is 18.3 Å². The maximum atomic E-state index is 13.9. The molecule has 3 rings (SSSR count). The van der Waals surface area contributed by atoms with Gasteiger partial charge in [0.15, 0.2) is 0 Å². The molecule has 0 radical (unpaired) electrons. The fraction of sp³-hybridized carbons (Fsp3) is 0.278. The first kappa shape index (κ1) is 13.8. The van der Waals surface area contributed by atoms with Gasteiger partial charge in [0.2, 0.25) is 0 Å². The molecular formula is C18H15F2N. The Labute approximate surface area is 122 Å². The third-order valence-electron chi connectivity index (χ3n) is 4.30. The van der Waals surface area contributed by atoms with Gasteiger partial charge in [0, 0.05) is 6.07 Å². The Morgan fingerprint density at radius 2 is 1.95 bits per heavy atom. The maximum absolute atomic E-state index is 13.9. The molecule has 0 spiro atoms. The molecule has 0 saturated carbocycles. The molecule has 1 aliphatic carbocycles. The van der Waals surface area contributed by atoms with Crippen molar-refractivity contribution in [2.24, 2.45) is 0 Å². The summed E-state index contributed by atoms with van der Waals surface area (Å²) < 4.78 is 27.0. The molecule has 1 unspecified atom stereocenters. The summed E-state index contributed by atoms with van der Waals surface area (Å²) in [5.74, 6) is -1.17. The summed E-state index contributed by atoms with van der Waals surface area (Å²) in [6.45, 7) is 0. The van der Waals surface area contributed by atoms with E-state index in [2.05, 4.69) is 6.07 Å². The van der Waals surface area contributed by atoms with Gasteiger partial charge in [0.05, 0.1) is 11.5 Å². The maximum Gasteiger partial charge on any atom is 0.129 e. The van der Waals surface area contributed by atoms with Crippen molar-refractivity contribution in [1.82, 2.24) is 0 Å².